The highest BCUT2D eigenvalue weighted by atomic mass is 19.1. The van der Waals surface area contributed by atoms with Gasteiger partial charge in [0.2, 0.25) is 5.88 Å². The molecule has 0 bridgehead atoms. The molecule has 33 heavy (non-hydrogen) atoms. The summed E-state index contributed by atoms with van der Waals surface area (Å²) in [5.41, 5.74) is 2.09. The van der Waals surface area contributed by atoms with Gasteiger partial charge in [0.25, 0.3) is 0 Å². The Morgan fingerprint density at radius 2 is 1.94 bits per heavy atom. The first-order valence-corrected chi connectivity index (χ1v) is 11.4. The second kappa shape index (κ2) is 7.67. The van der Waals surface area contributed by atoms with Crippen LogP contribution in [0.1, 0.15) is 57.2 Å². The Morgan fingerprint density at radius 3 is 2.64 bits per heavy atom. The van der Waals surface area contributed by atoms with Crippen LogP contribution in [0.2, 0.25) is 0 Å². The summed E-state index contributed by atoms with van der Waals surface area (Å²) >= 11 is 0. The molecule has 1 saturated heterocycles. The number of rotatable bonds is 6. The second-order valence-corrected chi connectivity index (χ2v) is 9.92. The molecule has 2 fully saturated rings. The van der Waals surface area contributed by atoms with Crippen molar-refractivity contribution >= 4 is 11.7 Å². The Bertz CT molecular complexity index is 1090. The number of fused-ring (bicyclic) bond motifs is 3. The second-order valence-electron chi connectivity index (χ2n) is 9.92. The molecule has 3 aliphatic rings. The summed E-state index contributed by atoms with van der Waals surface area (Å²) in [5.74, 6) is 0.377. The number of benzene rings is 1. The highest BCUT2D eigenvalue weighted by molar-refractivity contribution is 5.79. The van der Waals surface area contributed by atoms with E-state index in [1.54, 1.807) is 18.3 Å². The molecule has 0 N–H and O–H groups in total. The smallest absolute Gasteiger partial charge is 0.309 e. The number of anilines is 1. The summed E-state index contributed by atoms with van der Waals surface area (Å²) in [5, 5.41) is 1.34. The molecule has 8 heteroatoms. The van der Waals surface area contributed by atoms with Gasteiger partial charge in [-0.25, -0.2) is 19.0 Å². The number of esters is 1. The number of carbonyl (C=O) groups excluding carboxylic acids is 1. The van der Waals surface area contributed by atoms with Gasteiger partial charge >= 0.3 is 5.97 Å². The van der Waals surface area contributed by atoms with Gasteiger partial charge in [-0.05, 0) is 76.3 Å². The van der Waals surface area contributed by atoms with Crippen molar-refractivity contribution in [2.75, 3.05) is 11.8 Å². The molecule has 1 saturated carbocycles. The molecule has 5 rings (SSSR count). The van der Waals surface area contributed by atoms with Gasteiger partial charge in [-0.2, -0.15) is 0 Å². The predicted octanol–water partition coefficient (Wildman–Crippen LogP) is 4.49. The number of hydrogen-bond acceptors (Lipinski definition) is 7. The van der Waals surface area contributed by atoms with Gasteiger partial charge in [-0.3, -0.25) is 4.79 Å². The van der Waals surface area contributed by atoms with E-state index in [0.29, 0.717) is 29.7 Å². The Morgan fingerprint density at radius 1 is 1.21 bits per heavy atom. The van der Waals surface area contributed by atoms with Gasteiger partial charge < -0.3 is 9.47 Å². The molecule has 1 aliphatic heterocycles. The van der Waals surface area contributed by atoms with Crippen molar-refractivity contribution < 1.29 is 28.3 Å². The summed E-state index contributed by atoms with van der Waals surface area (Å²) in [6, 6.07) is 6.52. The molecule has 3 atom stereocenters. The highest BCUT2D eigenvalue weighted by Gasteiger charge is 2.60. The number of carbonyl (C=O) groups is 1. The van der Waals surface area contributed by atoms with Crippen LogP contribution in [0.3, 0.4) is 0 Å². The Balaban J connectivity index is 1.26. The molecule has 0 spiro atoms. The molecule has 2 heterocycles. The Kier molecular flexibility index (Phi) is 5.14. The van der Waals surface area contributed by atoms with Crippen LogP contribution in [0.5, 0.6) is 5.88 Å². The normalized spacial score (nSPS) is 26.0. The van der Waals surface area contributed by atoms with Crippen molar-refractivity contribution in [2.24, 2.45) is 11.8 Å². The molecule has 0 amide bonds. The molecule has 7 nitrogen and oxygen atoms in total. The average molecular weight is 457 g/mol. The molecule has 0 unspecified atom stereocenters. The van der Waals surface area contributed by atoms with Gasteiger partial charge in [0.15, 0.2) is 0 Å². The fourth-order valence-corrected chi connectivity index (χ4v) is 4.60. The van der Waals surface area contributed by atoms with Gasteiger partial charge in [-0.15, -0.1) is 5.23 Å². The predicted molar refractivity (Wildman–Crippen MR) is 118 cm³/mol. The molecule has 176 valence electrons. The third-order valence-corrected chi connectivity index (χ3v) is 7.23. The Labute approximate surface area is 192 Å². The van der Waals surface area contributed by atoms with Crippen molar-refractivity contribution in [1.82, 2.24) is 4.98 Å². The first kappa shape index (κ1) is 22.1. The van der Waals surface area contributed by atoms with E-state index in [9.17, 15) is 9.18 Å². The quantitative estimate of drug-likeness (QED) is 0.593. The van der Waals surface area contributed by atoms with Crippen molar-refractivity contribution in [3.63, 3.8) is 0 Å². The molecule has 2 aliphatic carbocycles. The minimum absolute atomic E-state index is 0.0182. The third kappa shape index (κ3) is 3.75. The first-order chi connectivity index (χ1) is 15.6. The first-order valence-electron chi connectivity index (χ1n) is 11.4. The lowest BCUT2D eigenvalue weighted by Crippen LogP contribution is -2.41. The van der Waals surface area contributed by atoms with Crippen LogP contribution in [0.15, 0.2) is 30.5 Å². The van der Waals surface area contributed by atoms with Crippen LogP contribution in [0.4, 0.5) is 10.1 Å². The van der Waals surface area contributed by atoms with Gasteiger partial charge in [0, 0.05) is 23.7 Å². The van der Waals surface area contributed by atoms with Gasteiger partial charge in [0.05, 0.1) is 18.2 Å². The van der Waals surface area contributed by atoms with E-state index < -0.39 is 11.2 Å². The zero-order valence-corrected chi connectivity index (χ0v) is 19.6. The number of nitrogens with zero attached hydrogens (tertiary/aromatic N) is 2. The monoisotopic (exact) mass is 456 g/mol. The lowest BCUT2D eigenvalue weighted by atomic mass is 9.90. The van der Waals surface area contributed by atoms with Crippen molar-refractivity contribution in [3.8, 4) is 5.88 Å². The summed E-state index contributed by atoms with van der Waals surface area (Å²) in [6.45, 7) is 10.0. The van der Waals surface area contributed by atoms with Crippen LogP contribution in [-0.2, 0) is 32.2 Å². The molecular formula is C25H29FN2O5. The maximum Gasteiger partial charge on any atom is 0.309 e. The van der Waals surface area contributed by atoms with E-state index >= 15 is 0 Å². The third-order valence-electron chi connectivity index (χ3n) is 7.23. The maximum atomic E-state index is 14.5. The van der Waals surface area contributed by atoms with Crippen molar-refractivity contribution in [1.29, 1.82) is 0 Å². The Hall–Kier alpha value is -2.71. The number of halogens is 1. The largest absolute Gasteiger partial charge is 0.473 e. The zero-order valence-electron chi connectivity index (χ0n) is 19.6. The van der Waals surface area contributed by atoms with Crippen molar-refractivity contribution in [3.05, 3.63) is 53.0 Å². The lowest BCUT2D eigenvalue weighted by Gasteiger charge is -2.26. The molecule has 1 aromatic carbocycles. The van der Waals surface area contributed by atoms with Crippen LogP contribution in [-0.4, -0.2) is 28.8 Å². The fourth-order valence-electron chi connectivity index (χ4n) is 4.60. The lowest BCUT2D eigenvalue weighted by molar-refractivity contribution is -0.145. The van der Waals surface area contributed by atoms with Gasteiger partial charge in [-0.1, -0.05) is 0 Å². The van der Waals surface area contributed by atoms with E-state index in [1.807, 2.05) is 40.7 Å². The van der Waals surface area contributed by atoms with Crippen LogP contribution in [0, 0.1) is 17.7 Å². The molecule has 1 aromatic heterocycles. The van der Waals surface area contributed by atoms with Crippen molar-refractivity contribution in [2.45, 2.75) is 64.8 Å². The number of pyridine rings is 1. The van der Waals surface area contributed by atoms with Crippen LogP contribution >= 0.6 is 0 Å². The minimum atomic E-state index is -0.542. The summed E-state index contributed by atoms with van der Waals surface area (Å²) in [7, 11) is 0. The van der Waals surface area contributed by atoms with E-state index in [1.165, 1.54) is 11.3 Å². The van der Waals surface area contributed by atoms with Crippen LogP contribution in [0.25, 0.3) is 0 Å². The highest BCUT2D eigenvalue weighted by Crippen LogP contribution is 2.61. The van der Waals surface area contributed by atoms with E-state index in [2.05, 4.69) is 4.98 Å². The molecular weight excluding hydrogens is 427 g/mol. The minimum Gasteiger partial charge on any atom is -0.473 e. The van der Waals surface area contributed by atoms with E-state index in [0.717, 1.165) is 17.5 Å². The average Bonchev–Trinajstić information content (AvgIpc) is 3.25. The summed E-state index contributed by atoms with van der Waals surface area (Å²) < 4.78 is 25.5. The number of hydrogen-bond donors (Lipinski definition) is 0. The topological polar surface area (TPSA) is 70.1 Å². The summed E-state index contributed by atoms with van der Waals surface area (Å²) in [4.78, 5) is 28.3. The molecule has 2 aromatic rings. The number of ether oxygens (including phenoxy) is 2. The standard InChI is InChI=1S/C25H29FN2O5/c1-6-30-23(29)22-17-10-14-11-20(27-12-18(14)21(17)22)31-13-15-9-16(7-8-19(15)26)28-32-24(2,3)25(4,5)33-28/h7-9,11-12,17,21-22H,6,10,13H2,1-5H3/t17-,21-,22+/m1/s1. The molecule has 0 radical (unpaired) electrons. The van der Waals surface area contributed by atoms with Crippen LogP contribution < -0.4 is 9.96 Å². The maximum absolute atomic E-state index is 14.5. The van der Waals surface area contributed by atoms with Gasteiger partial charge in [0.1, 0.15) is 23.6 Å². The zero-order chi connectivity index (χ0) is 23.5. The summed E-state index contributed by atoms with van der Waals surface area (Å²) in [6.07, 6.45) is 2.58. The fraction of sp³-hybridized carbons (Fsp3) is 0.520. The van der Waals surface area contributed by atoms with E-state index in [4.69, 9.17) is 19.1 Å². The number of aromatic nitrogens is 1. The van der Waals surface area contributed by atoms with E-state index in [-0.39, 0.29) is 30.2 Å². The SMILES string of the molecule is CCOC(=O)[C@H]1[C@@H]2Cc3cc(OCc4cc(N5OC(C)(C)C(C)(C)O5)ccc4F)ncc3[C@@H]21.